The first-order valence-electron chi connectivity index (χ1n) is 15.0. The molecule has 0 spiro atoms. The number of aryl methyl sites for hydroxylation is 1. The van der Waals surface area contributed by atoms with Gasteiger partial charge in [-0.05, 0) is 81.5 Å². The van der Waals surface area contributed by atoms with Gasteiger partial charge in [0.15, 0.2) is 0 Å². The standard InChI is InChI=1S/C32H39N7O/c1-24-35-29-9-5-6-10-30(29)39(24)28-21-26-11-12-27(22-28)37(26)20-15-32(25-7-3-2-4-8-25)13-18-36(19-14-32)31(40)23-38-33-16-17-34-38/h2-10,16-17,26-28H,11-15,18-23H2,1H3/t26-,27+,28+. The van der Waals surface area contributed by atoms with E-state index in [4.69, 9.17) is 4.98 Å². The highest BCUT2D eigenvalue weighted by Crippen LogP contribution is 2.45. The Bertz CT molecular complexity index is 1440. The van der Waals surface area contributed by atoms with Gasteiger partial charge in [0, 0.05) is 31.2 Å². The Balaban J connectivity index is 1.05. The molecular formula is C32H39N7O. The highest BCUT2D eigenvalue weighted by atomic mass is 16.2. The van der Waals surface area contributed by atoms with Crippen molar-refractivity contribution in [2.45, 2.75) is 82.0 Å². The molecule has 0 saturated carbocycles. The van der Waals surface area contributed by atoms with Crippen molar-refractivity contribution in [3.8, 4) is 0 Å². The van der Waals surface area contributed by atoms with Gasteiger partial charge in [0.1, 0.15) is 12.4 Å². The summed E-state index contributed by atoms with van der Waals surface area (Å²) in [6, 6.07) is 21.5. The molecule has 7 rings (SSSR count). The van der Waals surface area contributed by atoms with E-state index in [1.165, 1.54) is 41.6 Å². The van der Waals surface area contributed by atoms with Gasteiger partial charge in [-0.2, -0.15) is 15.0 Å². The number of fused-ring (bicyclic) bond motifs is 3. The predicted octanol–water partition coefficient (Wildman–Crippen LogP) is 4.75. The monoisotopic (exact) mass is 537 g/mol. The van der Waals surface area contributed by atoms with Gasteiger partial charge in [0.25, 0.3) is 0 Å². The number of amides is 1. The van der Waals surface area contributed by atoms with Crippen molar-refractivity contribution in [2.75, 3.05) is 19.6 Å². The number of benzene rings is 2. The minimum atomic E-state index is 0.107. The van der Waals surface area contributed by atoms with Gasteiger partial charge in [0.2, 0.25) is 5.91 Å². The van der Waals surface area contributed by atoms with E-state index in [-0.39, 0.29) is 17.9 Å². The third kappa shape index (κ3) is 4.62. The normalized spacial score (nSPS) is 24.5. The first-order chi connectivity index (χ1) is 19.6. The largest absolute Gasteiger partial charge is 0.341 e. The molecule has 3 atom stereocenters. The van der Waals surface area contributed by atoms with Crippen LogP contribution in [0.5, 0.6) is 0 Å². The van der Waals surface area contributed by atoms with Crippen molar-refractivity contribution in [2.24, 2.45) is 0 Å². The minimum Gasteiger partial charge on any atom is -0.341 e. The summed E-state index contributed by atoms with van der Waals surface area (Å²) < 4.78 is 2.52. The molecule has 2 aromatic carbocycles. The summed E-state index contributed by atoms with van der Waals surface area (Å²) in [6.45, 7) is 5.09. The summed E-state index contributed by atoms with van der Waals surface area (Å²) in [5.41, 5.74) is 3.93. The smallest absolute Gasteiger partial charge is 0.246 e. The van der Waals surface area contributed by atoms with Crippen LogP contribution >= 0.6 is 0 Å². The Kier molecular flexibility index (Phi) is 6.66. The Morgan fingerprint density at radius 2 is 1.57 bits per heavy atom. The van der Waals surface area contributed by atoms with Crippen molar-refractivity contribution in [1.82, 2.24) is 34.3 Å². The predicted molar refractivity (Wildman–Crippen MR) is 155 cm³/mol. The Hall–Kier alpha value is -3.52. The van der Waals surface area contributed by atoms with Crippen molar-refractivity contribution >= 4 is 16.9 Å². The fourth-order valence-corrected chi connectivity index (χ4v) is 8.00. The van der Waals surface area contributed by atoms with E-state index in [2.05, 4.69) is 81.2 Å². The van der Waals surface area contributed by atoms with Gasteiger partial charge in [0.05, 0.1) is 23.4 Å². The quantitative estimate of drug-likeness (QED) is 0.340. The van der Waals surface area contributed by atoms with Crippen LogP contribution in [0.25, 0.3) is 11.0 Å². The third-order valence-corrected chi connectivity index (χ3v) is 10.0. The van der Waals surface area contributed by atoms with Crippen LogP contribution in [0, 0.1) is 6.92 Å². The number of rotatable bonds is 7. The number of hydrogen-bond donors (Lipinski definition) is 0. The number of carbonyl (C=O) groups excluding carboxylic acids is 1. The van der Waals surface area contributed by atoms with Crippen LogP contribution in [0.1, 0.15) is 62.4 Å². The van der Waals surface area contributed by atoms with Gasteiger partial charge in [-0.15, -0.1) is 0 Å². The molecule has 5 heterocycles. The maximum atomic E-state index is 13.0. The lowest BCUT2D eigenvalue weighted by Crippen LogP contribution is -2.49. The SMILES string of the molecule is Cc1nc2ccccc2n1[C@H]1C[C@H]2CC[C@@H](C1)N2CCC1(c2ccccc2)CCN(C(=O)Cn2nccn2)CC1. The second-order valence-corrected chi connectivity index (χ2v) is 12.1. The number of imidazole rings is 1. The molecule has 3 fully saturated rings. The molecule has 8 nitrogen and oxygen atoms in total. The number of hydrogen-bond acceptors (Lipinski definition) is 5. The van der Waals surface area contributed by atoms with E-state index in [9.17, 15) is 4.79 Å². The van der Waals surface area contributed by atoms with E-state index in [1.807, 2.05) is 4.90 Å². The topological polar surface area (TPSA) is 72.1 Å². The average Bonchev–Trinajstić information content (AvgIpc) is 3.68. The molecule has 0 radical (unpaired) electrons. The average molecular weight is 538 g/mol. The molecule has 1 amide bonds. The lowest BCUT2D eigenvalue weighted by Gasteiger charge is -2.45. The zero-order valence-corrected chi connectivity index (χ0v) is 23.4. The number of piperidine rings is 2. The van der Waals surface area contributed by atoms with E-state index < -0.39 is 0 Å². The fraction of sp³-hybridized carbons (Fsp3) is 0.500. The molecule has 4 aromatic rings. The number of aromatic nitrogens is 5. The molecule has 2 aromatic heterocycles. The van der Waals surface area contributed by atoms with E-state index in [0.717, 1.165) is 50.2 Å². The van der Waals surface area contributed by atoms with Crippen LogP contribution in [0.4, 0.5) is 0 Å². The lowest BCUT2D eigenvalue weighted by molar-refractivity contribution is -0.134. The maximum Gasteiger partial charge on any atom is 0.246 e. The number of nitrogens with zero attached hydrogens (tertiary/aromatic N) is 7. The molecule has 0 N–H and O–H groups in total. The summed E-state index contributed by atoms with van der Waals surface area (Å²) in [5, 5.41) is 8.23. The Morgan fingerprint density at radius 1 is 0.900 bits per heavy atom. The van der Waals surface area contributed by atoms with Crippen LogP contribution in [0.3, 0.4) is 0 Å². The van der Waals surface area contributed by atoms with Gasteiger partial charge >= 0.3 is 0 Å². The van der Waals surface area contributed by atoms with E-state index in [0.29, 0.717) is 18.1 Å². The van der Waals surface area contributed by atoms with Crippen LogP contribution in [0.15, 0.2) is 67.0 Å². The van der Waals surface area contributed by atoms with Crippen LogP contribution in [0.2, 0.25) is 0 Å². The zero-order valence-electron chi connectivity index (χ0n) is 23.4. The van der Waals surface area contributed by atoms with Crippen LogP contribution in [-0.4, -0.2) is 72.0 Å². The van der Waals surface area contributed by atoms with Crippen molar-refractivity contribution in [3.05, 3.63) is 78.4 Å². The highest BCUT2D eigenvalue weighted by Gasteiger charge is 2.44. The number of carbonyl (C=O) groups is 1. The first kappa shape index (κ1) is 25.4. The molecule has 0 aliphatic carbocycles. The Labute approximate surface area is 236 Å². The third-order valence-electron chi connectivity index (χ3n) is 10.0. The molecule has 3 aliphatic rings. The fourth-order valence-electron chi connectivity index (χ4n) is 8.00. The summed E-state index contributed by atoms with van der Waals surface area (Å²) >= 11 is 0. The van der Waals surface area contributed by atoms with Crippen molar-refractivity contribution in [1.29, 1.82) is 0 Å². The van der Waals surface area contributed by atoms with Crippen LogP contribution in [-0.2, 0) is 16.8 Å². The molecule has 40 heavy (non-hydrogen) atoms. The molecule has 8 heteroatoms. The summed E-state index contributed by atoms with van der Waals surface area (Å²) in [7, 11) is 0. The van der Waals surface area contributed by atoms with E-state index in [1.54, 1.807) is 12.4 Å². The highest BCUT2D eigenvalue weighted by molar-refractivity contribution is 5.76. The summed E-state index contributed by atoms with van der Waals surface area (Å²) in [6.07, 6.45) is 11.4. The Morgan fingerprint density at radius 3 is 2.30 bits per heavy atom. The summed E-state index contributed by atoms with van der Waals surface area (Å²) in [4.78, 5) is 24.2. The minimum absolute atomic E-state index is 0.107. The molecule has 3 aliphatic heterocycles. The van der Waals surface area contributed by atoms with Gasteiger partial charge in [-0.3, -0.25) is 9.69 Å². The van der Waals surface area contributed by atoms with Crippen molar-refractivity contribution < 1.29 is 4.79 Å². The lowest BCUT2D eigenvalue weighted by atomic mass is 9.70. The van der Waals surface area contributed by atoms with Gasteiger partial charge in [-0.1, -0.05) is 42.5 Å². The van der Waals surface area contributed by atoms with Crippen molar-refractivity contribution in [3.63, 3.8) is 0 Å². The molecule has 2 bridgehead atoms. The van der Waals surface area contributed by atoms with Gasteiger partial charge < -0.3 is 9.47 Å². The molecule has 208 valence electrons. The number of para-hydroxylation sites is 2. The maximum absolute atomic E-state index is 13.0. The van der Waals surface area contributed by atoms with Crippen LogP contribution < -0.4 is 0 Å². The molecular weight excluding hydrogens is 498 g/mol. The zero-order chi connectivity index (χ0) is 27.1. The second-order valence-electron chi connectivity index (χ2n) is 12.1. The van der Waals surface area contributed by atoms with E-state index >= 15 is 0 Å². The number of likely N-dealkylation sites (tertiary alicyclic amines) is 1. The second kappa shape index (κ2) is 10.5. The van der Waals surface area contributed by atoms with Gasteiger partial charge in [-0.25, -0.2) is 4.98 Å². The molecule has 3 saturated heterocycles. The summed E-state index contributed by atoms with van der Waals surface area (Å²) in [5.74, 6) is 1.26. The first-order valence-corrected chi connectivity index (χ1v) is 15.0. The molecule has 0 unspecified atom stereocenters.